The normalized spacial score (nSPS) is 18.6. The molecule has 0 spiro atoms. The molecule has 0 N–H and O–H groups in total. The lowest BCUT2D eigenvalue weighted by Crippen LogP contribution is -2.32. The monoisotopic (exact) mass is 219 g/mol. The first-order valence-corrected chi connectivity index (χ1v) is 6.12. The predicted molar refractivity (Wildman–Crippen MR) is 66.9 cm³/mol. The van der Waals surface area contributed by atoms with Crippen molar-refractivity contribution < 1.29 is 4.74 Å². The zero-order valence-electron chi connectivity index (χ0n) is 10.3. The first-order valence-electron chi connectivity index (χ1n) is 6.12. The van der Waals surface area contributed by atoms with E-state index in [0.29, 0.717) is 0 Å². The van der Waals surface area contributed by atoms with Gasteiger partial charge in [-0.05, 0) is 57.5 Å². The fourth-order valence-corrected chi connectivity index (χ4v) is 2.15. The Morgan fingerprint density at radius 1 is 1.25 bits per heavy atom. The summed E-state index contributed by atoms with van der Waals surface area (Å²) >= 11 is 0. The molecule has 1 aromatic carbocycles. The van der Waals surface area contributed by atoms with E-state index in [1.165, 1.54) is 31.5 Å². The van der Waals surface area contributed by atoms with Gasteiger partial charge in [0.1, 0.15) is 5.75 Å². The smallest absolute Gasteiger partial charge is 0.122 e. The average molecular weight is 219 g/mol. The second-order valence-corrected chi connectivity index (χ2v) is 4.82. The molecule has 2 rings (SSSR count). The van der Waals surface area contributed by atoms with Gasteiger partial charge in [-0.3, -0.25) is 0 Å². The van der Waals surface area contributed by atoms with Crippen LogP contribution in [-0.2, 0) is 0 Å². The Hall–Kier alpha value is -1.02. The Bertz CT molecular complexity index is 329. The summed E-state index contributed by atoms with van der Waals surface area (Å²) in [4.78, 5) is 2.39. The van der Waals surface area contributed by atoms with Gasteiger partial charge in [-0.2, -0.15) is 0 Å². The third kappa shape index (κ3) is 2.99. The molecule has 0 saturated carbocycles. The Morgan fingerprint density at radius 3 is 2.62 bits per heavy atom. The van der Waals surface area contributed by atoms with Crippen LogP contribution >= 0.6 is 0 Å². The molecule has 1 heterocycles. The third-order valence-electron chi connectivity index (χ3n) is 3.41. The van der Waals surface area contributed by atoms with Crippen LogP contribution in [-0.4, -0.2) is 31.6 Å². The van der Waals surface area contributed by atoms with Crippen LogP contribution in [0.2, 0.25) is 0 Å². The summed E-state index contributed by atoms with van der Waals surface area (Å²) in [6.45, 7) is 5.40. The van der Waals surface area contributed by atoms with E-state index in [2.05, 4.69) is 37.1 Å². The van der Waals surface area contributed by atoms with E-state index >= 15 is 0 Å². The van der Waals surface area contributed by atoms with Gasteiger partial charge in [0.05, 0.1) is 6.61 Å². The number of rotatable bonds is 3. The fourth-order valence-electron chi connectivity index (χ4n) is 2.15. The van der Waals surface area contributed by atoms with E-state index in [1.807, 2.05) is 6.07 Å². The number of nitrogens with zero attached hydrogens (tertiary/aromatic N) is 1. The number of aryl methyl sites for hydroxylation is 1. The van der Waals surface area contributed by atoms with Gasteiger partial charge in [-0.15, -0.1) is 0 Å². The van der Waals surface area contributed by atoms with Gasteiger partial charge in [-0.25, -0.2) is 0 Å². The van der Waals surface area contributed by atoms with Crippen LogP contribution in [0.25, 0.3) is 0 Å². The number of hydrogen-bond acceptors (Lipinski definition) is 2. The maximum Gasteiger partial charge on any atom is 0.122 e. The molecule has 0 radical (unpaired) electrons. The molecule has 0 amide bonds. The van der Waals surface area contributed by atoms with Crippen molar-refractivity contribution >= 4 is 0 Å². The summed E-state index contributed by atoms with van der Waals surface area (Å²) in [6, 6.07) is 8.25. The molecule has 1 aromatic rings. The Kier molecular flexibility index (Phi) is 3.83. The molecule has 0 aromatic heterocycles. The number of para-hydroxylation sites is 1. The van der Waals surface area contributed by atoms with Crippen LogP contribution in [0, 0.1) is 12.8 Å². The fraction of sp³-hybridized carbons (Fsp3) is 0.571. The highest BCUT2D eigenvalue weighted by Gasteiger charge is 2.17. The van der Waals surface area contributed by atoms with Gasteiger partial charge < -0.3 is 9.64 Å². The Balaban J connectivity index is 1.81. The Morgan fingerprint density at radius 2 is 1.94 bits per heavy atom. The first-order chi connectivity index (χ1) is 7.75. The maximum atomic E-state index is 5.89. The van der Waals surface area contributed by atoms with E-state index in [9.17, 15) is 0 Å². The Labute approximate surface area is 98.2 Å². The lowest BCUT2D eigenvalue weighted by Gasteiger charge is -2.28. The minimum atomic E-state index is 0.732. The molecule has 0 bridgehead atoms. The van der Waals surface area contributed by atoms with Crippen molar-refractivity contribution in [2.45, 2.75) is 19.8 Å². The predicted octanol–water partition coefficient (Wildman–Crippen LogP) is 2.72. The molecule has 88 valence electrons. The first kappa shape index (κ1) is 11.5. The van der Waals surface area contributed by atoms with Crippen molar-refractivity contribution in [3.8, 4) is 5.75 Å². The second kappa shape index (κ2) is 5.35. The standard InChI is InChI=1S/C14H21NO/c1-12-5-3-4-6-14(12)16-11-13-7-9-15(2)10-8-13/h3-6,13H,7-11H2,1-2H3. The molecule has 1 aliphatic heterocycles. The lowest BCUT2D eigenvalue weighted by molar-refractivity contribution is 0.159. The molecule has 0 atom stereocenters. The van der Waals surface area contributed by atoms with E-state index in [-0.39, 0.29) is 0 Å². The van der Waals surface area contributed by atoms with Crippen LogP contribution in [0.1, 0.15) is 18.4 Å². The van der Waals surface area contributed by atoms with Gasteiger partial charge >= 0.3 is 0 Å². The van der Waals surface area contributed by atoms with Crippen LogP contribution < -0.4 is 4.74 Å². The summed E-state index contributed by atoms with van der Waals surface area (Å²) in [7, 11) is 2.19. The molecule has 2 heteroatoms. The number of benzene rings is 1. The minimum absolute atomic E-state index is 0.732. The molecule has 16 heavy (non-hydrogen) atoms. The highest BCUT2D eigenvalue weighted by molar-refractivity contribution is 5.31. The third-order valence-corrected chi connectivity index (χ3v) is 3.41. The second-order valence-electron chi connectivity index (χ2n) is 4.82. The highest BCUT2D eigenvalue weighted by Crippen LogP contribution is 2.20. The van der Waals surface area contributed by atoms with Crippen LogP contribution in [0.3, 0.4) is 0 Å². The summed E-state index contributed by atoms with van der Waals surface area (Å²) < 4.78 is 5.89. The number of ether oxygens (including phenoxy) is 1. The van der Waals surface area contributed by atoms with Crippen molar-refractivity contribution in [3.63, 3.8) is 0 Å². The zero-order valence-corrected chi connectivity index (χ0v) is 10.3. The van der Waals surface area contributed by atoms with Crippen molar-refractivity contribution in [2.75, 3.05) is 26.7 Å². The molecule has 1 saturated heterocycles. The zero-order chi connectivity index (χ0) is 11.4. The number of hydrogen-bond donors (Lipinski definition) is 0. The summed E-state index contributed by atoms with van der Waals surface area (Å²) in [5, 5.41) is 0. The van der Waals surface area contributed by atoms with Crippen LogP contribution in [0.5, 0.6) is 5.75 Å². The summed E-state index contributed by atoms with van der Waals surface area (Å²) in [5.41, 5.74) is 1.23. The van der Waals surface area contributed by atoms with Gasteiger partial charge in [0.15, 0.2) is 0 Å². The number of likely N-dealkylation sites (tertiary alicyclic amines) is 1. The van der Waals surface area contributed by atoms with E-state index in [4.69, 9.17) is 4.74 Å². The molecule has 1 aliphatic rings. The van der Waals surface area contributed by atoms with Gasteiger partial charge in [0, 0.05) is 0 Å². The molecule has 0 unspecified atom stereocenters. The van der Waals surface area contributed by atoms with Crippen molar-refractivity contribution in [1.82, 2.24) is 4.90 Å². The average Bonchev–Trinajstić information content (AvgIpc) is 2.30. The van der Waals surface area contributed by atoms with E-state index < -0.39 is 0 Å². The van der Waals surface area contributed by atoms with Crippen molar-refractivity contribution in [3.05, 3.63) is 29.8 Å². The molecule has 0 aliphatic carbocycles. The molecule has 2 nitrogen and oxygen atoms in total. The van der Waals surface area contributed by atoms with Gasteiger partial charge in [0.2, 0.25) is 0 Å². The summed E-state index contributed by atoms with van der Waals surface area (Å²) in [5.74, 6) is 1.78. The topological polar surface area (TPSA) is 12.5 Å². The SMILES string of the molecule is Cc1ccccc1OCC1CCN(C)CC1. The lowest BCUT2D eigenvalue weighted by atomic mass is 9.98. The van der Waals surface area contributed by atoms with Gasteiger partial charge in [-0.1, -0.05) is 18.2 Å². The minimum Gasteiger partial charge on any atom is -0.493 e. The van der Waals surface area contributed by atoms with E-state index in [1.54, 1.807) is 0 Å². The van der Waals surface area contributed by atoms with Crippen molar-refractivity contribution in [2.24, 2.45) is 5.92 Å². The van der Waals surface area contributed by atoms with Crippen LogP contribution in [0.15, 0.2) is 24.3 Å². The largest absolute Gasteiger partial charge is 0.493 e. The molecular formula is C14H21NO. The highest BCUT2D eigenvalue weighted by atomic mass is 16.5. The van der Waals surface area contributed by atoms with Crippen LogP contribution in [0.4, 0.5) is 0 Å². The maximum absolute atomic E-state index is 5.89. The molecular weight excluding hydrogens is 198 g/mol. The van der Waals surface area contributed by atoms with Crippen molar-refractivity contribution in [1.29, 1.82) is 0 Å². The van der Waals surface area contributed by atoms with Gasteiger partial charge in [0.25, 0.3) is 0 Å². The molecule has 1 fully saturated rings. The number of piperidine rings is 1. The quantitative estimate of drug-likeness (QED) is 0.775. The van der Waals surface area contributed by atoms with E-state index in [0.717, 1.165) is 18.3 Å². The summed E-state index contributed by atoms with van der Waals surface area (Å²) in [6.07, 6.45) is 2.53.